The van der Waals surface area contributed by atoms with Crippen molar-refractivity contribution in [2.24, 2.45) is 46.3 Å². The number of hydrogen-bond donors (Lipinski definition) is 7. The number of allylic oxidation sites excluding steroid dienone is 1. The van der Waals surface area contributed by atoms with Crippen LogP contribution in [0.1, 0.15) is 99.3 Å². The van der Waals surface area contributed by atoms with Crippen molar-refractivity contribution in [3.8, 4) is 0 Å². The Hall–Kier alpha value is -1.39. The van der Waals surface area contributed by atoms with Crippen LogP contribution in [0.4, 0.5) is 0 Å². The van der Waals surface area contributed by atoms with Crippen molar-refractivity contribution >= 4 is 5.97 Å². The molecule has 358 valence electrons. The molecule has 17 heteroatoms. The molecule has 25 atom stereocenters. The van der Waals surface area contributed by atoms with Crippen molar-refractivity contribution in [1.29, 1.82) is 0 Å². The van der Waals surface area contributed by atoms with Gasteiger partial charge in [0.05, 0.1) is 31.5 Å². The van der Waals surface area contributed by atoms with Gasteiger partial charge in [-0.1, -0.05) is 39.3 Å². The fraction of sp³-hybridized carbons (Fsp3) is 0.935. The van der Waals surface area contributed by atoms with Crippen molar-refractivity contribution in [1.82, 2.24) is 0 Å². The van der Waals surface area contributed by atoms with E-state index in [2.05, 4.69) is 33.8 Å². The van der Waals surface area contributed by atoms with E-state index in [4.69, 9.17) is 42.6 Å². The van der Waals surface area contributed by atoms with Gasteiger partial charge in [0.15, 0.2) is 24.7 Å². The number of carbonyl (C=O) groups is 1. The summed E-state index contributed by atoms with van der Waals surface area (Å²) in [5, 5.41) is 76.0. The van der Waals surface area contributed by atoms with Crippen molar-refractivity contribution in [3.63, 3.8) is 0 Å². The van der Waals surface area contributed by atoms with Gasteiger partial charge in [-0.2, -0.15) is 0 Å². The first-order valence-electron chi connectivity index (χ1n) is 23.7. The Balaban J connectivity index is 0.907. The van der Waals surface area contributed by atoms with E-state index in [1.54, 1.807) is 0 Å². The molecular weight excluding hydrogens is 824 g/mol. The highest BCUT2D eigenvalue weighted by molar-refractivity contribution is 5.65. The molecule has 5 unspecified atom stereocenters. The summed E-state index contributed by atoms with van der Waals surface area (Å²) in [7, 11) is 0. The van der Waals surface area contributed by atoms with E-state index >= 15 is 0 Å². The third-order valence-electron chi connectivity index (χ3n) is 17.6. The first kappa shape index (κ1) is 46.7. The lowest BCUT2D eigenvalue weighted by molar-refractivity contribution is -0.380. The van der Waals surface area contributed by atoms with Crippen LogP contribution in [-0.2, 0) is 47.4 Å². The summed E-state index contributed by atoms with van der Waals surface area (Å²) in [6.45, 7) is 12.0. The maximum Gasteiger partial charge on any atom is 0.302 e. The second kappa shape index (κ2) is 17.6. The highest BCUT2D eigenvalue weighted by Crippen LogP contribution is 2.70. The molecule has 0 bridgehead atoms. The molecule has 0 aromatic carbocycles. The largest absolute Gasteiger partial charge is 0.463 e. The smallest absolute Gasteiger partial charge is 0.302 e. The molecular formula is C46H72O17. The molecule has 63 heavy (non-hydrogen) atoms. The van der Waals surface area contributed by atoms with Crippen LogP contribution < -0.4 is 0 Å². The van der Waals surface area contributed by atoms with Gasteiger partial charge in [0, 0.05) is 19.3 Å². The standard InChI is InChI=1S/C46H72O17/c1-20-9-14-46(56-18-20)21(2)32-29(63-46)16-28-26-8-7-24-15-25(10-12-44(24,5)27(26)11-13-45(28,32)6)58-43-40(62-41-37(53)35(51)33(49)22(3)57-41)38(54)39(30(17-47)59-43)61-42-36(52)34(50)31(60-42)19-55-23(4)48/h7,20-22,25-43,47,49-54H,8-19H2,1-6H3/t20-,21+,22+,25+,26?,27?,28?,29?,30-,31+,32?,33+,34+,35-,36-,37-,38+,39-,40-,41+,42+,43-,44+,45+,46-/m1/s1. The molecule has 3 saturated carbocycles. The van der Waals surface area contributed by atoms with Crippen molar-refractivity contribution in [3.05, 3.63) is 11.6 Å². The molecule has 5 aliphatic heterocycles. The van der Waals surface area contributed by atoms with E-state index < -0.39 is 104 Å². The number of aliphatic hydroxyl groups is 7. The van der Waals surface area contributed by atoms with Gasteiger partial charge in [0.1, 0.15) is 67.6 Å². The average Bonchev–Trinajstić information content (AvgIpc) is 3.81. The van der Waals surface area contributed by atoms with E-state index in [0.717, 1.165) is 51.6 Å². The van der Waals surface area contributed by atoms with Gasteiger partial charge in [-0.25, -0.2) is 0 Å². The summed E-state index contributed by atoms with van der Waals surface area (Å²) < 4.78 is 55.2. The first-order valence-corrected chi connectivity index (χ1v) is 23.7. The highest BCUT2D eigenvalue weighted by Gasteiger charge is 2.69. The van der Waals surface area contributed by atoms with Crippen LogP contribution in [0.2, 0.25) is 0 Å². The lowest BCUT2D eigenvalue weighted by Gasteiger charge is -2.58. The number of ether oxygens (including phenoxy) is 9. The minimum Gasteiger partial charge on any atom is -0.463 e. The zero-order valence-electron chi connectivity index (χ0n) is 37.5. The number of fused-ring (bicyclic) bond motifs is 7. The zero-order chi connectivity index (χ0) is 44.9. The lowest BCUT2D eigenvalue weighted by atomic mass is 9.47. The fourth-order valence-corrected chi connectivity index (χ4v) is 14.0. The number of carbonyl (C=O) groups excluding carboxylic acids is 1. The summed E-state index contributed by atoms with van der Waals surface area (Å²) in [6, 6.07) is 0. The van der Waals surface area contributed by atoms with Crippen molar-refractivity contribution in [2.75, 3.05) is 19.8 Å². The van der Waals surface area contributed by atoms with E-state index in [1.807, 2.05) is 0 Å². The Morgan fingerprint density at radius 3 is 2.21 bits per heavy atom. The van der Waals surface area contributed by atoms with Gasteiger partial charge >= 0.3 is 5.97 Å². The SMILES string of the molecule is CC(=O)OC[C@@H]1O[C@@H](O[C@H]2[C@H](O)[C@@H](O[C@@H]3O[C@@H](C)[C@H](O)[C@@H](O)[C@H]3O)[C@H](O[C@H]3CC[C@@]4(C)C(=CCC5C6CC7O[C@]8(CC[C@@H](C)CO8)[C@@H](C)C7[C@@]6(C)CCC54)C3)O[C@@H]2CO)[C@H](O)[C@H]1O. The third-order valence-corrected chi connectivity index (χ3v) is 17.6. The van der Waals surface area contributed by atoms with E-state index in [1.165, 1.54) is 19.4 Å². The van der Waals surface area contributed by atoms with E-state index in [9.17, 15) is 40.5 Å². The number of hydrogen-bond acceptors (Lipinski definition) is 17. The lowest BCUT2D eigenvalue weighted by Crippen LogP contribution is -2.65. The third kappa shape index (κ3) is 7.97. The average molecular weight is 897 g/mol. The van der Waals surface area contributed by atoms with Gasteiger partial charge in [-0.3, -0.25) is 4.79 Å². The Morgan fingerprint density at radius 2 is 1.49 bits per heavy atom. The molecule has 0 aromatic rings. The Morgan fingerprint density at radius 1 is 0.778 bits per heavy atom. The molecule has 9 rings (SSSR count). The minimum absolute atomic E-state index is 0.0271. The van der Waals surface area contributed by atoms with Gasteiger partial charge in [-0.05, 0) is 98.7 Å². The fourth-order valence-electron chi connectivity index (χ4n) is 14.0. The summed E-state index contributed by atoms with van der Waals surface area (Å²) in [6.07, 6.45) is -9.22. The normalized spacial score (nSPS) is 55.4. The monoisotopic (exact) mass is 896 g/mol. The number of esters is 1. The Labute approximate surface area is 369 Å². The van der Waals surface area contributed by atoms with Crippen molar-refractivity contribution in [2.45, 2.75) is 203 Å². The first-order chi connectivity index (χ1) is 29.9. The molecule has 17 nitrogen and oxygen atoms in total. The minimum atomic E-state index is -1.72. The van der Waals surface area contributed by atoms with Crippen LogP contribution in [-0.4, -0.2) is 166 Å². The second-order valence-electron chi connectivity index (χ2n) is 21.2. The van der Waals surface area contributed by atoms with Gasteiger partial charge < -0.3 is 78.4 Å². The molecule has 1 spiro atoms. The maximum absolute atomic E-state index is 12.0. The number of rotatable bonds is 9. The summed E-state index contributed by atoms with van der Waals surface area (Å²) in [5.41, 5.74) is 1.51. The van der Waals surface area contributed by atoms with E-state index in [-0.39, 0.29) is 29.6 Å². The Bertz CT molecular complexity index is 1670. The summed E-state index contributed by atoms with van der Waals surface area (Å²) >= 11 is 0. The van der Waals surface area contributed by atoms with Crippen LogP contribution in [0.15, 0.2) is 11.6 Å². The van der Waals surface area contributed by atoms with Gasteiger partial charge in [0.25, 0.3) is 0 Å². The Kier molecular flexibility index (Phi) is 13.1. The topological polar surface area (TPSA) is 242 Å². The highest BCUT2D eigenvalue weighted by atomic mass is 16.8. The molecule has 0 aromatic heterocycles. The molecule has 7 N–H and O–H groups in total. The van der Waals surface area contributed by atoms with Gasteiger partial charge in [-0.15, -0.1) is 0 Å². The molecule has 0 amide bonds. The van der Waals surface area contributed by atoms with E-state index in [0.29, 0.717) is 48.3 Å². The van der Waals surface area contributed by atoms with Crippen LogP contribution >= 0.6 is 0 Å². The van der Waals surface area contributed by atoms with Crippen LogP contribution in [0, 0.1) is 46.3 Å². The quantitative estimate of drug-likeness (QED) is 0.128. The molecule has 9 aliphatic rings. The second-order valence-corrected chi connectivity index (χ2v) is 21.2. The molecule has 4 aliphatic carbocycles. The molecule has 5 saturated heterocycles. The van der Waals surface area contributed by atoms with Crippen LogP contribution in [0.5, 0.6) is 0 Å². The maximum atomic E-state index is 12.0. The van der Waals surface area contributed by atoms with Crippen molar-refractivity contribution < 1.29 is 83.2 Å². The summed E-state index contributed by atoms with van der Waals surface area (Å²) in [5.74, 6) is 1.98. The predicted molar refractivity (Wildman–Crippen MR) is 218 cm³/mol. The zero-order valence-corrected chi connectivity index (χ0v) is 37.5. The summed E-state index contributed by atoms with van der Waals surface area (Å²) in [4.78, 5) is 11.4. The number of aliphatic hydroxyl groups excluding tert-OH is 7. The molecule has 0 radical (unpaired) electrons. The molecule has 5 heterocycles. The van der Waals surface area contributed by atoms with Crippen LogP contribution in [0.25, 0.3) is 0 Å². The van der Waals surface area contributed by atoms with Crippen LogP contribution in [0.3, 0.4) is 0 Å². The van der Waals surface area contributed by atoms with Gasteiger partial charge in [0.2, 0.25) is 0 Å². The molecule has 8 fully saturated rings. The predicted octanol–water partition coefficient (Wildman–Crippen LogP) is 1.42.